The number of rotatable bonds is 14. The molecule has 0 aliphatic heterocycles. The van der Waals surface area contributed by atoms with E-state index in [0.717, 1.165) is 139 Å². The maximum atomic E-state index is 5.55. The second kappa shape index (κ2) is 31.2. The summed E-state index contributed by atoms with van der Waals surface area (Å²) in [4.78, 5) is 42.5. The Bertz CT molecular complexity index is 8090. The molecule has 24 rings (SSSR count). The van der Waals surface area contributed by atoms with E-state index in [0.29, 0.717) is 34.9 Å². The summed E-state index contributed by atoms with van der Waals surface area (Å²) in [5, 5.41) is 9.67. The van der Waals surface area contributed by atoms with Gasteiger partial charge in [0.1, 0.15) is 11.6 Å². The van der Waals surface area contributed by atoms with Crippen LogP contribution in [-0.4, -0.2) is 49.0 Å². The summed E-state index contributed by atoms with van der Waals surface area (Å²) >= 11 is 3.67. The molecule has 0 radical (unpaired) electrons. The molecule has 124 heavy (non-hydrogen) atoms. The zero-order valence-corrected chi connectivity index (χ0v) is 68.3. The Morgan fingerprint density at radius 1 is 0.185 bits per heavy atom. The molecule has 0 aliphatic carbocycles. The highest BCUT2D eigenvalue weighted by atomic mass is 32.1. The van der Waals surface area contributed by atoms with Gasteiger partial charge in [0.15, 0.2) is 34.9 Å². The Kier molecular flexibility index (Phi) is 18.4. The highest BCUT2D eigenvalue weighted by Crippen LogP contribution is 2.49. The summed E-state index contributed by atoms with van der Waals surface area (Å²) in [6.45, 7) is 0. The molecule has 0 spiro atoms. The quantitative estimate of drug-likeness (QED) is 0.106. The van der Waals surface area contributed by atoms with Gasteiger partial charge in [-0.3, -0.25) is 9.13 Å². The van der Waals surface area contributed by atoms with E-state index < -0.39 is 0 Å². The number of aromatic nitrogens is 10. The van der Waals surface area contributed by atoms with Crippen LogP contribution >= 0.6 is 22.7 Å². The number of benzene rings is 16. The summed E-state index contributed by atoms with van der Waals surface area (Å²) < 4.78 is 9.66. The number of para-hydroxylation sites is 2. The van der Waals surface area contributed by atoms with Gasteiger partial charge in [-0.15, -0.1) is 22.7 Å². The minimum Gasteiger partial charge on any atom is -0.293 e. The fourth-order valence-electron chi connectivity index (χ4n) is 17.6. The van der Waals surface area contributed by atoms with Crippen LogP contribution in [0.3, 0.4) is 0 Å². The van der Waals surface area contributed by atoms with Crippen LogP contribution in [0.4, 0.5) is 0 Å². The van der Waals surface area contributed by atoms with Crippen molar-refractivity contribution in [1.29, 1.82) is 0 Å². The van der Waals surface area contributed by atoms with Crippen molar-refractivity contribution >= 4 is 107 Å². The monoisotopic (exact) mass is 1620 g/mol. The van der Waals surface area contributed by atoms with Crippen molar-refractivity contribution in [2.75, 3.05) is 0 Å². The van der Waals surface area contributed by atoms with Gasteiger partial charge in [-0.1, -0.05) is 352 Å². The van der Waals surface area contributed by atoms with Gasteiger partial charge < -0.3 is 0 Å². The van der Waals surface area contributed by atoms with E-state index in [1.165, 1.54) is 56.5 Å². The van der Waals surface area contributed by atoms with Crippen LogP contribution in [0.5, 0.6) is 0 Å². The third-order valence-electron chi connectivity index (χ3n) is 23.4. The first kappa shape index (κ1) is 73.1. The minimum atomic E-state index is 0.538. The molecule has 8 aromatic heterocycles. The average Bonchev–Trinajstić information content (AvgIpc) is 1.56. The zero-order valence-electron chi connectivity index (χ0n) is 66.7. The first-order valence-corrected chi connectivity index (χ1v) is 43.1. The van der Waals surface area contributed by atoms with Gasteiger partial charge in [0.2, 0.25) is 0 Å². The number of nitrogens with zero attached hydrogens (tertiary/aromatic N) is 10. The van der Waals surface area contributed by atoms with Crippen LogP contribution in [0.15, 0.2) is 425 Å². The van der Waals surface area contributed by atoms with Crippen molar-refractivity contribution in [3.05, 3.63) is 425 Å². The molecule has 0 bridgehead atoms. The average molecular weight is 1620 g/mol. The number of thiophene rings is 2. The molecule has 8 heterocycles. The van der Waals surface area contributed by atoms with Crippen LogP contribution in [-0.2, 0) is 0 Å². The molecule has 0 saturated heterocycles. The standard InChI is InChI=1S/2C56H35N5S/c1-5-17-36(18-6-1)40-29-30-42(37-19-7-2-8-20-37)46(33-40)41-34-47(55-59-53(38-21-9-3-10-22-38)58-54(60-55)39-23-11-4-12-24-39)56(57-35-41)61-48-27-15-13-26-45(48)51-49(61)32-31-44-43-25-14-16-28-50(43)62-52(44)51;1-5-17-36(18-6-1)40-29-30-42(37-19-7-2-8-20-37)46(33-40)41-34-47(55-59-53(38-21-9-3-10-22-38)58-54(60-55)39-23-11-4-12-24-39)56(57-35-41)61-48-27-15-13-25-43(48)44-31-32-50-51(52(44)61)45-26-14-16-28-49(45)62-50/h2*1-35H. The lowest BCUT2D eigenvalue weighted by Crippen LogP contribution is -2.06. The Morgan fingerprint density at radius 2 is 0.540 bits per heavy atom. The van der Waals surface area contributed by atoms with E-state index in [1.54, 1.807) is 0 Å². The summed E-state index contributed by atoms with van der Waals surface area (Å²) in [5.74, 6) is 4.93. The third-order valence-corrected chi connectivity index (χ3v) is 25.8. The first-order chi connectivity index (χ1) is 61.5. The van der Waals surface area contributed by atoms with E-state index in [9.17, 15) is 0 Å². The molecule has 16 aromatic carbocycles. The van der Waals surface area contributed by atoms with E-state index >= 15 is 0 Å². The molecule has 0 N–H and O–H groups in total. The minimum absolute atomic E-state index is 0.538. The van der Waals surface area contributed by atoms with Crippen molar-refractivity contribution in [3.63, 3.8) is 0 Å². The highest BCUT2D eigenvalue weighted by Gasteiger charge is 2.28. The van der Waals surface area contributed by atoms with E-state index in [1.807, 2.05) is 132 Å². The van der Waals surface area contributed by atoms with Gasteiger partial charge in [-0.2, -0.15) is 0 Å². The maximum absolute atomic E-state index is 5.55. The van der Waals surface area contributed by atoms with Gasteiger partial charge in [-0.05, 0) is 116 Å². The SMILES string of the molecule is c1ccc(-c2ccc(-c3ccccc3)c(-c3cnc(-n4c5ccccc5c5c6sc7ccccc7c6ccc54)c(-c4nc(-c5ccccc5)nc(-c5ccccc5)n4)c3)c2)cc1.c1ccc(-c2ccc(-c3ccccc3)c(-c3cnc(-n4c5ccccc5c5ccc6sc7ccccc7c6c54)c(-c4nc(-c5ccccc5)nc(-c5ccccc5)n4)c3)c2)cc1. The maximum Gasteiger partial charge on any atom is 0.167 e. The summed E-state index contributed by atoms with van der Waals surface area (Å²) in [6, 6.07) is 145. The topological polar surface area (TPSA) is 113 Å². The smallest absolute Gasteiger partial charge is 0.167 e. The Morgan fingerprint density at radius 3 is 1.01 bits per heavy atom. The van der Waals surface area contributed by atoms with Crippen LogP contribution in [0.2, 0.25) is 0 Å². The molecule has 580 valence electrons. The largest absolute Gasteiger partial charge is 0.293 e. The van der Waals surface area contributed by atoms with Crippen molar-refractivity contribution in [2.24, 2.45) is 0 Å². The van der Waals surface area contributed by atoms with E-state index in [-0.39, 0.29) is 0 Å². The molecule has 24 aromatic rings. The van der Waals surface area contributed by atoms with E-state index in [4.69, 9.17) is 39.9 Å². The van der Waals surface area contributed by atoms with Gasteiger partial charge in [0, 0.05) is 108 Å². The number of hydrogen-bond donors (Lipinski definition) is 0. The summed E-state index contributed by atoms with van der Waals surface area (Å²) in [6.07, 6.45) is 4.05. The highest BCUT2D eigenvalue weighted by molar-refractivity contribution is 7.27. The number of hydrogen-bond acceptors (Lipinski definition) is 10. The van der Waals surface area contributed by atoms with Crippen LogP contribution in [0.1, 0.15) is 0 Å². The fraction of sp³-hybridized carbons (Fsp3) is 0. The second-order valence-corrected chi connectivity index (χ2v) is 33.0. The number of pyridine rings is 2. The van der Waals surface area contributed by atoms with Crippen molar-refractivity contribution in [1.82, 2.24) is 49.0 Å². The van der Waals surface area contributed by atoms with Gasteiger partial charge in [0.25, 0.3) is 0 Å². The second-order valence-electron chi connectivity index (χ2n) is 30.8. The van der Waals surface area contributed by atoms with Gasteiger partial charge >= 0.3 is 0 Å². The van der Waals surface area contributed by atoms with Crippen molar-refractivity contribution in [2.45, 2.75) is 0 Å². The lowest BCUT2D eigenvalue weighted by Gasteiger charge is -2.17. The molecule has 12 heteroatoms. The molecule has 0 unspecified atom stereocenters. The zero-order chi connectivity index (χ0) is 82.0. The Hall–Kier alpha value is -16.1. The Balaban J connectivity index is 0.000000143. The predicted molar refractivity (Wildman–Crippen MR) is 515 cm³/mol. The van der Waals surface area contributed by atoms with Crippen molar-refractivity contribution in [3.8, 4) is 147 Å². The lowest BCUT2D eigenvalue weighted by atomic mass is 9.91. The molecule has 0 amide bonds. The van der Waals surface area contributed by atoms with Gasteiger partial charge in [0.05, 0.1) is 33.2 Å². The predicted octanol–water partition coefficient (Wildman–Crippen LogP) is 29.5. The van der Waals surface area contributed by atoms with Crippen LogP contribution in [0.25, 0.3) is 231 Å². The van der Waals surface area contributed by atoms with E-state index in [2.05, 4.69) is 325 Å². The molecule has 0 atom stereocenters. The lowest BCUT2D eigenvalue weighted by molar-refractivity contribution is 1.04. The van der Waals surface area contributed by atoms with Crippen LogP contribution < -0.4 is 0 Å². The number of fused-ring (bicyclic) bond motifs is 14. The summed E-state index contributed by atoms with van der Waals surface area (Å²) in [5.41, 5.74) is 22.6. The van der Waals surface area contributed by atoms with Crippen LogP contribution in [0, 0.1) is 0 Å². The molecule has 10 nitrogen and oxygen atoms in total. The third kappa shape index (κ3) is 13.1. The summed E-state index contributed by atoms with van der Waals surface area (Å²) in [7, 11) is 0. The normalized spacial score (nSPS) is 11.5. The molecular formula is C112H70N10S2. The van der Waals surface area contributed by atoms with Gasteiger partial charge in [-0.25, -0.2) is 39.9 Å². The molecule has 0 saturated carbocycles. The van der Waals surface area contributed by atoms with Crippen molar-refractivity contribution < 1.29 is 0 Å². The Labute approximate surface area is 722 Å². The molecule has 0 aliphatic rings. The molecular weight excluding hydrogens is 1550 g/mol. The first-order valence-electron chi connectivity index (χ1n) is 41.4. The molecule has 0 fully saturated rings. The fourth-order valence-corrected chi connectivity index (χ4v) is 20.0.